The molecule has 100 valence electrons. The van der Waals surface area contributed by atoms with E-state index in [1.165, 1.54) is 0 Å². The van der Waals surface area contributed by atoms with Crippen molar-refractivity contribution in [1.82, 2.24) is 20.0 Å². The van der Waals surface area contributed by atoms with E-state index in [4.69, 9.17) is 0 Å². The molecule has 0 radical (unpaired) electrons. The van der Waals surface area contributed by atoms with Crippen molar-refractivity contribution in [1.29, 1.82) is 0 Å². The Morgan fingerprint density at radius 1 is 1.61 bits per heavy atom. The number of hydrogen-bond acceptors (Lipinski definition) is 5. The van der Waals surface area contributed by atoms with Crippen LogP contribution in [0.4, 0.5) is 0 Å². The topological polar surface area (TPSA) is 104 Å². The van der Waals surface area contributed by atoms with Crippen LogP contribution in [0.5, 0.6) is 0 Å². The van der Waals surface area contributed by atoms with Crippen LogP contribution < -0.4 is 10.0 Å². The lowest BCUT2D eigenvalue weighted by Crippen LogP contribution is -2.49. The van der Waals surface area contributed by atoms with Gasteiger partial charge in [0.05, 0.1) is 29.5 Å². The number of sulfonamides is 1. The maximum absolute atomic E-state index is 11.8. The van der Waals surface area contributed by atoms with E-state index in [2.05, 4.69) is 20.0 Å². The third-order valence-electron chi connectivity index (χ3n) is 2.78. The van der Waals surface area contributed by atoms with Gasteiger partial charge in [0.1, 0.15) is 0 Å². The van der Waals surface area contributed by atoms with Gasteiger partial charge in [0.2, 0.25) is 10.0 Å². The monoisotopic (exact) mass is 272 g/mol. The van der Waals surface area contributed by atoms with Gasteiger partial charge in [0, 0.05) is 13.0 Å². The number of imidazole rings is 1. The first-order valence-corrected chi connectivity index (χ1v) is 7.46. The summed E-state index contributed by atoms with van der Waals surface area (Å²) in [5.41, 5.74) is 1.75. The van der Waals surface area contributed by atoms with Gasteiger partial charge in [-0.05, 0) is 6.42 Å². The lowest BCUT2D eigenvalue weighted by atomic mass is 10.1. The zero-order chi connectivity index (χ0) is 13.2. The fraction of sp³-hybridized carbons (Fsp3) is 0.600. The largest absolute Gasteiger partial charge is 0.347 e. The molecule has 1 aliphatic heterocycles. The summed E-state index contributed by atoms with van der Waals surface area (Å²) in [6.07, 6.45) is 2.44. The molecule has 0 bridgehead atoms. The number of amides is 1. The van der Waals surface area contributed by atoms with E-state index in [1.807, 2.05) is 0 Å². The molecular weight excluding hydrogens is 256 g/mol. The average Bonchev–Trinajstić information content (AvgIpc) is 2.74. The van der Waals surface area contributed by atoms with Gasteiger partial charge >= 0.3 is 0 Å². The summed E-state index contributed by atoms with van der Waals surface area (Å²) in [4.78, 5) is 18.9. The van der Waals surface area contributed by atoms with Gasteiger partial charge in [-0.15, -0.1) is 0 Å². The van der Waals surface area contributed by atoms with Gasteiger partial charge in [-0.2, -0.15) is 0 Å². The van der Waals surface area contributed by atoms with Gasteiger partial charge in [0.25, 0.3) is 5.91 Å². The molecular formula is C10H16N4O3S. The second-order valence-electron chi connectivity index (χ2n) is 4.25. The molecule has 1 aliphatic rings. The molecule has 18 heavy (non-hydrogen) atoms. The molecule has 1 amide bonds. The van der Waals surface area contributed by atoms with Crippen LogP contribution in [-0.4, -0.2) is 36.1 Å². The number of nitrogens with zero attached hydrogens (tertiary/aromatic N) is 1. The number of rotatable bonds is 4. The van der Waals surface area contributed by atoms with Crippen LogP contribution in [0.1, 0.15) is 24.7 Å². The molecule has 0 fully saturated rings. The minimum atomic E-state index is -3.51. The van der Waals surface area contributed by atoms with Crippen molar-refractivity contribution in [3.63, 3.8) is 0 Å². The third-order valence-corrected chi connectivity index (χ3v) is 4.23. The van der Waals surface area contributed by atoms with Gasteiger partial charge in [-0.1, -0.05) is 6.92 Å². The van der Waals surface area contributed by atoms with Crippen molar-refractivity contribution in [2.45, 2.75) is 32.4 Å². The highest BCUT2D eigenvalue weighted by atomic mass is 32.2. The normalized spacial score (nSPS) is 19.3. The van der Waals surface area contributed by atoms with E-state index in [0.717, 1.165) is 11.4 Å². The Morgan fingerprint density at radius 2 is 2.39 bits per heavy atom. The van der Waals surface area contributed by atoms with E-state index < -0.39 is 22.0 Å². The molecule has 1 atom stereocenters. The number of nitrogens with one attached hydrogen (secondary N) is 3. The Hall–Kier alpha value is -1.41. The number of hydrogen-bond donors (Lipinski definition) is 3. The molecule has 2 rings (SSSR count). The van der Waals surface area contributed by atoms with E-state index in [1.54, 1.807) is 13.3 Å². The standard InChI is InChI=1S/C10H16N4O3S/c1-2-3-18(16,17)14-10(15)8-4-7-9(5-11-8)13-6-12-7/h6,8,11H,2-5H2,1H3,(H,12,13)(H,14,15). The maximum atomic E-state index is 11.8. The van der Waals surface area contributed by atoms with Crippen molar-refractivity contribution in [3.05, 3.63) is 17.7 Å². The van der Waals surface area contributed by atoms with Gasteiger partial charge < -0.3 is 4.98 Å². The van der Waals surface area contributed by atoms with Crippen LogP contribution in [0.15, 0.2) is 6.33 Å². The summed E-state index contributed by atoms with van der Waals surface area (Å²) in [6, 6.07) is -0.549. The number of fused-ring (bicyclic) bond motifs is 1. The molecule has 1 unspecified atom stereocenters. The van der Waals surface area contributed by atoms with Crippen molar-refractivity contribution in [2.24, 2.45) is 0 Å². The molecule has 0 saturated heterocycles. The van der Waals surface area contributed by atoms with Crippen LogP contribution in [0, 0.1) is 0 Å². The molecule has 7 nitrogen and oxygen atoms in total. The van der Waals surface area contributed by atoms with E-state index in [-0.39, 0.29) is 5.75 Å². The van der Waals surface area contributed by atoms with Crippen molar-refractivity contribution in [2.75, 3.05) is 5.75 Å². The minimum Gasteiger partial charge on any atom is -0.347 e. The van der Waals surface area contributed by atoms with E-state index >= 15 is 0 Å². The zero-order valence-corrected chi connectivity index (χ0v) is 10.9. The first-order chi connectivity index (χ1) is 8.52. The lowest BCUT2D eigenvalue weighted by molar-refractivity contribution is -0.121. The van der Waals surface area contributed by atoms with Crippen molar-refractivity contribution >= 4 is 15.9 Å². The fourth-order valence-corrected chi connectivity index (χ4v) is 2.99. The van der Waals surface area contributed by atoms with Gasteiger partial charge in [-0.25, -0.2) is 13.4 Å². The number of carbonyl (C=O) groups excluding carboxylic acids is 1. The molecule has 0 spiro atoms. The van der Waals surface area contributed by atoms with Crippen LogP contribution in [-0.2, 0) is 27.8 Å². The van der Waals surface area contributed by atoms with Gasteiger partial charge in [-0.3, -0.25) is 14.8 Å². The Balaban J connectivity index is 2.00. The maximum Gasteiger partial charge on any atom is 0.250 e. The number of H-pyrrole nitrogens is 1. The zero-order valence-electron chi connectivity index (χ0n) is 10.1. The first kappa shape index (κ1) is 13.0. The highest BCUT2D eigenvalue weighted by molar-refractivity contribution is 7.90. The summed E-state index contributed by atoms with van der Waals surface area (Å²) in [6.45, 7) is 2.24. The quantitative estimate of drug-likeness (QED) is 0.671. The third kappa shape index (κ3) is 2.88. The number of aromatic amines is 1. The summed E-state index contributed by atoms with van der Waals surface area (Å²) in [7, 11) is -3.51. The van der Waals surface area contributed by atoms with E-state index in [0.29, 0.717) is 19.4 Å². The van der Waals surface area contributed by atoms with Crippen LogP contribution in [0.2, 0.25) is 0 Å². The smallest absolute Gasteiger partial charge is 0.250 e. The van der Waals surface area contributed by atoms with E-state index in [9.17, 15) is 13.2 Å². The van der Waals surface area contributed by atoms with Gasteiger partial charge in [0.15, 0.2) is 0 Å². The second-order valence-corrected chi connectivity index (χ2v) is 6.09. The highest BCUT2D eigenvalue weighted by Crippen LogP contribution is 2.12. The molecule has 0 aromatic carbocycles. The number of carbonyl (C=O) groups is 1. The Labute approximate surface area is 105 Å². The average molecular weight is 272 g/mol. The molecule has 2 heterocycles. The van der Waals surface area contributed by atoms with Crippen molar-refractivity contribution < 1.29 is 13.2 Å². The Kier molecular flexibility index (Phi) is 3.67. The lowest BCUT2D eigenvalue weighted by Gasteiger charge is -2.22. The summed E-state index contributed by atoms with van der Waals surface area (Å²) in [5, 5.41) is 2.98. The molecule has 0 aliphatic carbocycles. The molecule has 8 heteroatoms. The summed E-state index contributed by atoms with van der Waals surface area (Å²) >= 11 is 0. The highest BCUT2D eigenvalue weighted by Gasteiger charge is 2.27. The predicted octanol–water partition coefficient (Wildman–Crippen LogP) is -0.720. The summed E-state index contributed by atoms with van der Waals surface area (Å²) in [5.74, 6) is -0.559. The molecule has 1 aromatic rings. The minimum absolute atomic E-state index is 0.0425. The SMILES string of the molecule is CCCS(=O)(=O)NC(=O)C1Cc2nc[nH]c2CN1. The van der Waals surface area contributed by atoms with Crippen LogP contribution in [0.25, 0.3) is 0 Å². The Bertz CT molecular complexity index is 537. The molecule has 0 saturated carbocycles. The number of aromatic nitrogens is 2. The first-order valence-electron chi connectivity index (χ1n) is 5.80. The fourth-order valence-electron chi connectivity index (χ4n) is 1.90. The molecule has 3 N–H and O–H groups in total. The van der Waals surface area contributed by atoms with Crippen LogP contribution in [0.3, 0.4) is 0 Å². The Morgan fingerprint density at radius 3 is 3.11 bits per heavy atom. The predicted molar refractivity (Wildman–Crippen MR) is 65.1 cm³/mol. The van der Waals surface area contributed by atoms with Crippen molar-refractivity contribution in [3.8, 4) is 0 Å². The molecule has 1 aromatic heterocycles. The van der Waals surface area contributed by atoms with Crippen LogP contribution >= 0.6 is 0 Å². The summed E-state index contributed by atoms with van der Waals surface area (Å²) < 4.78 is 25.1. The second kappa shape index (κ2) is 5.07.